The van der Waals surface area contributed by atoms with Gasteiger partial charge in [-0.3, -0.25) is 0 Å². The molecule has 4 aromatic carbocycles. The van der Waals surface area contributed by atoms with Crippen molar-refractivity contribution in [3.05, 3.63) is 83.4 Å². The number of rotatable bonds is 0. The Hall–Kier alpha value is -3.32. The molecule has 1 nitrogen and oxygen atoms in total. The minimum Gasteiger partial charge on any atom is -0.455 e. The molecule has 0 saturated carbocycles. The third kappa shape index (κ3) is 1.61. The molecule has 0 radical (unpaired) electrons. The van der Waals surface area contributed by atoms with Crippen molar-refractivity contribution in [3.8, 4) is 0 Å². The van der Waals surface area contributed by atoms with Gasteiger partial charge in [0.25, 0.3) is 0 Å². The minimum atomic E-state index is 0.979. The molecule has 5 aromatic rings. The number of furan rings is 1. The molecule has 0 spiro atoms. The summed E-state index contributed by atoms with van der Waals surface area (Å²) < 4.78 is 6.50. The van der Waals surface area contributed by atoms with E-state index in [-0.39, 0.29) is 0 Å². The first-order valence-electron chi connectivity index (χ1n) is 9.57. The number of benzene rings is 4. The van der Waals surface area contributed by atoms with E-state index in [4.69, 9.17) is 4.42 Å². The predicted octanol–water partition coefficient (Wildman–Crippen LogP) is 7.25. The lowest BCUT2D eigenvalue weighted by Crippen LogP contribution is -2.03. The van der Waals surface area contributed by atoms with Crippen molar-refractivity contribution in [2.75, 3.05) is 0 Å². The van der Waals surface area contributed by atoms with Gasteiger partial charge in [0.1, 0.15) is 11.2 Å². The van der Waals surface area contributed by atoms with E-state index in [1.807, 2.05) is 0 Å². The van der Waals surface area contributed by atoms with Crippen molar-refractivity contribution in [1.82, 2.24) is 0 Å². The van der Waals surface area contributed by atoms with Crippen LogP contribution in [-0.4, -0.2) is 0 Å². The lowest BCUT2D eigenvalue weighted by atomic mass is 9.80. The summed E-state index contributed by atoms with van der Waals surface area (Å²) in [4.78, 5) is 0. The summed E-state index contributed by atoms with van der Waals surface area (Å²) in [6, 6.07) is 19.7. The molecule has 2 aliphatic rings. The summed E-state index contributed by atoms with van der Waals surface area (Å²) in [6.45, 7) is 0. The Labute approximate surface area is 156 Å². The maximum absolute atomic E-state index is 6.50. The molecule has 27 heavy (non-hydrogen) atoms. The van der Waals surface area contributed by atoms with E-state index < -0.39 is 0 Å². The molecule has 7 rings (SSSR count). The molecule has 2 aliphatic carbocycles. The van der Waals surface area contributed by atoms with Crippen LogP contribution in [0.5, 0.6) is 0 Å². The Balaban J connectivity index is 1.87. The monoisotopic (exact) mass is 344 g/mol. The van der Waals surface area contributed by atoms with Crippen LogP contribution in [0, 0.1) is 0 Å². The highest BCUT2D eigenvalue weighted by molar-refractivity contribution is 6.29. The van der Waals surface area contributed by atoms with Crippen molar-refractivity contribution in [3.63, 3.8) is 0 Å². The molecule has 0 N–H and O–H groups in total. The number of fused-ring (bicyclic) bond motifs is 7. The maximum atomic E-state index is 6.50. The van der Waals surface area contributed by atoms with E-state index in [9.17, 15) is 0 Å². The van der Waals surface area contributed by atoms with Gasteiger partial charge in [0.05, 0.1) is 0 Å². The highest BCUT2D eigenvalue weighted by Crippen LogP contribution is 2.48. The van der Waals surface area contributed by atoms with Crippen molar-refractivity contribution < 1.29 is 4.42 Å². The fourth-order valence-electron chi connectivity index (χ4n) is 5.15. The largest absolute Gasteiger partial charge is 0.455 e. The van der Waals surface area contributed by atoms with E-state index in [2.05, 4.69) is 72.8 Å². The summed E-state index contributed by atoms with van der Waals surface area (Å²) in [5.74, 6) is 0. The zero-order chi connectivity index (χ0) is 17.5. The van der Waals surface area contributed by atoms with Crippen LogP contribution in [0.3, 0.4) is 0 Å². The fourth-order valence-corrected chi connectivity index (χ4v) is 5.15. The van der Waals surface area contributed by atoms with Gasteiger partial charge in [-0.05, 0) is 57.2 Å². The van der Waals surface area contributed by atoms with Crippen LogP contribution in [0.1, 0.15) is 23.1 Å². The SMILES string of the molecule is C1=Cc2c3c4c(cccc4c4c2oc2ccc5ccccc5c24)CC=C3C1. The molecule has 126 valence electrons. The van der Waals surface area contributed by atoms with Crippen molar-refractivity contribution in [2.24, 2.45) is 0 Å². The minimum absolute atomic E-state index is 0.979. The van der Waals surface area contributed by atoms with Gasteiger partial charge in [-0.25, -0.2) is 0 Å². The molecule has 0 bridgehead atoms. The Morgan fingerprint density at radius 2 is 1.67 bits per heavy atom. The van der Waals surface area contributed by atoms with Crippen molar-refractivity contribution >= 4 is 55.1 Å². The van der Waals surface area contributed by atoms with Crippen LogP contribution >= 0.6 is 0 Å². The van der Waals surface area contributed by atoms with Gasteiger partial charge >= 0.3 is 0 Å². The van der Waals surface area contributed by atoms with Gasteiger partial charge in [0.2, 0.25) is 0 Å². The molecular formula is C26H16O. The summed E-state index contributed by atoms with van der Waals surface area (Å²) in [6.07, 6.45) is 8.98. The Kier molecular flexibility index (Phi) is 2.40. The molecular weight excluding hydrogens is 328 g/mol. The third-order valence-corrected chi connectivity index (χ3v) is 6.28. The van der Waals surface area contributed by atoms with Crippen molar-refractivity contribution in [2.45, 2.75) is 12.8 Å². The molecule has 1 heteroatoms. The first-order valence-corrected chi connectivity index (χ1v) is 9.57. The summed E-state index contributed by atoms with van der Waals surface area (Å²) in [5.41, 5.74) is 7.53. The van der Waals surface area contributed by atoms with Gasteiger partial charge in [-0.15, -0.1) is 0 Å². The maximum Gasteiger partial charge on any atom is 0.143 e. The molecule has 1 aromatic heterocycles. The van der Waals surface area contributed by atoms with E-state index in [1.54, 1.807) is 0 Å². The molecule has 0 atom stereocenters. The highest BCUT2D eigenvalue weighted by atomic mass is 16.3. The quantitative estimate of drug-likeness (QED) is 0.288. The van der Waals surface area contributed by atoms with Crippen molar-refractivity contribution in [1.29, 1.82) is 0 Å². The van der Waals surface area contributed by atoms with Gasteiger partial charge in [-0.1, -0.05) is 66.8 Å². The average Bonchev–Trinajstić information content (AvgIpc) is 3.13. The van der Waals surface area contributed by atoms with Crippen LogP contribution in [0.2, 0.25) is 0 Å². The second-order valence-electron chi connectivity index (χ2n) is 7.63. The lowest BCUT2D eigenvalue weighted by molar-refractivity contribution is 0.668. The van der Waals surface area contributed by atoms with E-state index >= 15 is 0 Å². The van der Waals surface area contributed by atoms with Gasteiger partial charge in [-0.2, -0.15) is 0 Å². The normalized spacial score (nSPS) is 15.2. The lowest BCUT2D eigenvalue weighted by Gasteiger charge is -2.23. The molecule has 0 amide bonds. The highest BCUT2D eigenvalue weighted by Gasteiger charge is 2.26. The van der Waals surface area contributed by atoms with E-state index in [0.29, 0.717) is 0 Å². The summed E-state index contributed by atoms with van der Waals surface area (Å²) in [7, 11) is 0. The van der Waals surface area contributed by atoms with Crippen LogP contribution < -0.4 is 0 Å². The first kappa shape index (κ1) is 13.8. The second-order valence-corrected chi connectivity index (χ2v) is 7.63. The Morgan fingerprint density at radius 1 is 0.741 bits per heavy atom. The number of hydrogen-bond donors (Lipinski definition) is 0. The topological polar surface area (TPSA) is 13.1 Å². The number of allylic oxidation sites excluding steroid dienone is 3. The predicted molar refractivity (Wildman–Crippen MR) is 114 cm³/mol. The standard InChI is InChI=1S/C26H16O/c1-2-8-18-15(5-1)13-14-21-24(18)25-19-9-3-6-16-11-12-17-7-4-10-20(26(25)27-21)23(17)22(16)19/h1-6,8-10,12-14H,7,11H2. The second kappa shape index (κ2) is 4.69. The zero-order valence-electron chi connectivity index (χ0n) is 14.8. The third-order valence-electron chi connectivity index (χ3n) is 6.28. The van der Waals surface area contributed by atoms with E-state index in [0.717, 1.165) is 24.0 Å². The van der Waals surface area contributed by atoms with Crippen LogP contribution in [-0.2, 0) is 6.42 Å². The summed E-state index contributed by atoms with van der Waals surface area (Å²) in [5, 5.41) is 7.81. The smallest absolute Gasteiger partial charge is 0.143 e. The fraction of sp³-hybridized carbons (Fsp3) is 0.0769. The van der Waals surface area contributed by atoms with Crippen LogP contribution in [0.15, 0.2) is 71.2 Å². The number of hydrogen-bond acceptors (Lipinski definition) is 1. The molecule has 0 aliphatic heterocycles. The Bertz CT molecular complexity index is 1510. The molecule has 1 heterocycles. The molecule has 0 fully saturated rings. The molecule has 0 unspecified atom stereocenters. The molecule has 0 saturated heterocycles. The van der Waals surface area contributed by atoms with E-state index in [1.165, 1.54) is 54.6 Å². The average molecular weight is 344 g/mol. The van der Waals surface area contributed by atoms with Gasteiger partial charge in [0.15, 0.2) is 0 Å². The Morgan fingerprint density at radius 3 is 2.67 bits per heavy atom. The van der Waals surface area contributed by atoms with Gasteiger partial charge in [0, 0.05) is 16.3 Å². The zero-order valence-corrected chi connectivity index (χ0v) is 14.8. The van der Waals surface area contributed by atoms with Crippen LogP contribution in [0.4, 0.5) is 0 Å². The van der Waals surface area contributed by atoms with Gasteiger partial charge < -0.3 is 4.42 Å². The summed E-state index contributed by atoms with van der Waals surface area (Å²) >= 11 is 0. The first-order chi connectivity index (χ1) is 13.4. The van der Waals surface area contributed by atoms with Crippen LogP contribution in [0.25, 0.3) is 55.1 Å².